The number of carboxylic acids is 1. The fourth-order valence-electron chi connectivity index (χ4n) is 0.719. The molecule has 1 unspecified atom stereocenters. The predicted molar refractivity (Wildman–Crippen MR) is 44.8 cm³/mol. The molecule has 0 aliphatic heterocycles. The van der Waals surface area contributed by atoms with Gasteiger partial charge in [-0.15, -0.1) is 0 Å². The van der Waals surface area contributed by atoms with Crippen molar-refractivity contribution < 1.29 is 14.3 Å². The fourth-order valence-corrected chi connectivity index (χ4v) is 1.04. The highest BCUT2D eigenvalue weighted by atomic mass is 79.9. The van der Waals surface area contributed by atoms with Crippen LogP contribution in [0.2, 0.25) is 0 Å². The monoisotopic (exact) mass is 226 g/mol. The number of rotatable bonds is 6. The molecule has 0 saturated heterocycles. The van der Waals surface area contributed by atoms with Crippen LogP contribution in [0.4, 0.5) is 4.39 Å². The van der Waals surface area contributed by atoms with Crippen molar-refractivity contribution in [3.05, 3.63) is 0 Å². The summed E-state index contributed by atoms with van der Waals surface area (Å²) >= 11 is 3.00. The first-order chi connectivity index (χ1) is 5.16. The smallest absolute Gasteiger partial charge is 0.303 e. The minimum absolute atomic E-state index is 0.148. The Balaban J connectivity index is 3.08. The SMILES string of the molecule is O=C(O)CCCCC(F)CBr. The van der Waals surface area contributed by atoms with E-state index in [4.69, 9.17) is 5.11 Å². The average molecular weight is 227 g/mol. The Labute approximate surface area is 73.9 Å². The molecule has 0 aromatic carbocycles. The summed E-state index contributed by atoms with van der Waals surface area (Å²) in [6, 6.07) is 0. The lowest BCUT2D eigenvalue weighted by molar-refractivity contribution is -0.137. The lowest BCUT2D eigenvalue weighted by atomic mass is 10.1. The van der Waals surface area contributed by atoms with Gasteiger partial charge in [-0.2, -0.15) is 0 Å². The van der Waals surface area contributed by atoms with Gasteiger partial charge in [-0.25, -0.2) is 4.39 Å². The van der Waals surface area contributed by atoms with Crippen LogP contribution in [0.15, 0.2) is 0 Å². The number of hydrogen-bond donors (Lipinski definition) is 1. The topological polar surface area (TPSA) is 37.3 Å². The molecule has 0 aliphatic rings. The highest BCUT2D eigenvalue weighted by Gasteiger charge is 2.03. The molecule has 0 radical (unpaired) electrons. The number of aliphatic carboxylic acids is 1. The summed E-state index contributed by atoms with van der Waals surface area (Å²) in [4.78, 5) is 10.0. The van der Waals surface area contributed by atoms with E-state index in [1.807, 2.05) is 0 Å². The molecule has 0 rings (SSSR count). The number of hydrogen-bond acceptors (Lipinski definition) is 1. The molecular formula is C7H12BrFO2. The zero-order valence-electron chi connectivity index (χ0n) is 6.22. The van der Waals surface area contributed by atoms with Crippen LogP contribution in [-0.2, 0) is 4.79 Å². The molecule has 0 saturated carbocycles. The first-order valence-corrected chi connectivity index (χ1v) is 4.70. The maximum absolute atomic E-state index is 12.5. The minimum atomic E-state index is -0.830. The van der Waals surface area contributed by atoms with Gasteiger partial charge >= 0.3 is 5.97 Å². The number of alkyl halides is 2. The van der Waals surface area contributed by atoms with E-state index in [1.54, 1.807) is 0 Å². The highest BCUT2D eigenvalue weighted by molar-refractivity contribution is 9.09. The van der Waals surface area contributed by atoms with Crippen LogP contribution in [-0.4, -0.2) is 22.6 Å². The van der Waals surface area contributed by atoms with Crippen molar-refractivity contribution in [1.82, 2.24) is 0 Å². The van der Waals surface area contributed by atoms with Crippen LogP contribution in [0.25, 0.3) is 0 Å². The van der Waals surface area contributed by atoms with Crippen molar-refractivity contribution in [3.8, 4) is 0 Å². The van der Waals surface area contributed by atoms with Gasteiger partial charge in [-0.3, -0.25) is 4.79 Å². The van der Waals surface area contributed by atoms with Gasteiger partial charge in [0.05, 0.1) is 0 Å². The zero-order valence-corrected chi connectivity index (χ0v) is 7.81. The Morgan fingerprint density at radius 2 is 2.18 bits per heavy atom. The summed E-state index contributed by atoms with van der Waals surface area (Å²) in [5, 5.41) is 8.58. The molecule has 66 valence electrons. The van der Waals surface area contributed by atoms with E-state index in [2.05, 4.69) is 15.9 Å². The molecule has 11 heavy (non-hydrogen) atoms. The molecule has 0 amide bonds. The maximum Gasteiger partial charge on any atom is 0.303 e. The molecule has 0 bridgehead atoms. The van der Waals surface area contributed by atoms with Gasteiger partial charge in [-0.1, -0.05) is 15.9 Å². The summed E-state index contributed by atoms with van der Waals surface area (Å²) < 4.78 is 12.5. The molecule has 1 N–H and O–H groups in total. The second-order valence-corrected chi connectivity index (χ2v) is 3.04. The second kappa shape index (κ2) is 6.58. The third-order valence-electron chi connectivity index (χ3n) is 1.33. The van der Waals surface area contributed by atoms with Gasteiger partial charge in [0.25, 0.3) is 0 Å². The van der Waals surface area contributed by atoms with Crippen LogP contribution in [0.1, 0.15) is 25.7 Å². The third-order valence-corrected chi connectivity index (χ3v) is 2.03. The number of carboxylic acid groups (broad SMARTS) is 1. The van der Waals surface area contributed by atoms with Crippen LogP contribution >= 0.6 is 15.9 Å². The first-order valence-electron chi connectivity index (χ1n) is 3.58. The first kappa shape index (κ1) is 10.9. The Morgan fingerprint density at radius 1 is 1.55 bits per heavy atom. The predicted octanol–water partition coefficient (Wildman–Crippen LogP) is 2.36. The average Bonchev–Trinajstić information content (AvgIpc) is 1.97. The van der Waals surface area contributed by atoms with Crippen molar-refractivity contribution >= 4 is 21.9 Å². The molecule has 2 nitrogen and oxygen atoms in total. The molecule has 0 aliphatic carbocycles. The third kappa shape index (κ3) is 7.78. The molecule has 0 spiro atoms. The Hall–Kier alpha value is -0.120. The number of carbonyl (C=O) groups is 1. The van der Waals surface area contributed by atoms with Crippen LogP contribution in [0, 0.1) is 0 Å². The Morgan fingerprint density at radius 3 is 2.64 bits per heavy atom. The molecule has 0 aromatic heterocycles. The molecule has 4 heteroatoms. The number of halogens is 2. The molecule has 0 fully saturated rings. The Bertz CT molecular complexity index is 119. The van der Waals surface area contributed by atoms with E-state index in [-0.39, 0.29) is 6.42 Å². The summed E-state index contributed by atoms with van der Waals surface area (Å²) in [7, 11) is 0. The van der Waals surface area contributed by atoms with E-state index in [1.165, 1.54) is 0 Å². The quantitative estimate of drug-likeness (QED) is 0.558. The highest BCUT2D eigenvalue weighted by Crippen LogP contribution is 2.08. The van der Waals surface area contributed by atoms with E-state index in [0.717, 1.165) is 0 Å². The van der Waals surface area contributed by atoms with Crippen LogP contribution in [0.5, 0.6) is 0 Å². The van der Waals surface area contributed by atoms with Gasteiger partial charge < -0.3 is 5.11 Å². The zero-order chi connectivity index (χ0) is 8.69. The summed E-state index contributed by atoms with van der Waals surface area (Å²) in [5.41, 5.74) is 0. The minimum Gasteiger partial charge on any atom is -0.481 e. The molecule has 1 atom stereocenters. The van der Waals surface area contributed by atoms with Crippen molar-refractivity contribution in [3.63, 3.8) is 0 Å². The Kier molecular flexibility index (Phi) is 6.51. The van der Waals surface area contributed by atoms with Crippen molar-refractivity contribution in [2.75, 3.05) is 5.33 Å². The van der Waals surface area contributed by atoms with Crippen molar-refractivity contribution in [2.24, 2.45) is 0 Å². The number of unbranched alkanes of at least 4 members (excludes halogenated alkanes) is 1. The summed E-state index contributed by atoms with van der Waals surface area (Å²) in [5.74, 6) is -0.806. The molecule has 0 heterocycles. The van der Waals surface area contributed by atoms with E-state index in [0.29, 0.717) is 24.6 Å². The van der Waals surface area contributed by atoms with Gasteiger partial charge in [0.1, 0.15) is 6.17 Å². The maximum atomic E-state index is 12.5. The van der Waals surface area contributed by atoms with Crippen LogP contribution < -0.4 is 0 Å². The molecule has 0 aromatic rings. The largest absolute Gasteiger partial charge is 0.481 e. The lowest BCUT2D eigenvalue weighted by Gasteiger charge is -2.01. The lowest BCUT2D eigenvalue weighted by Crippen LogP contribution is -2.01. The standard InChI is InChI=1S/C7H12BrFO2/c8-5-6(9)3-1-2-4-7(10)11/h6H,1-5H2,(H,10,11). The van der Waals surface area contributed by atoms with E-state index >= 15 is 0 Å². The van der Waals surface area contributed by atoms with Crippen molar-refractivity contribution in [2.45, 2.75) is 31.9 Å². The summed E-state index contributed by atoms with van der Waals surface area (Å²) in [6.45, 7) is 0. The summed E-state index contributed by atoms with van der Waals surface area (Å²) in [6.07, 6.45) is 0.999. The van der Waals surface area contributed by atoms with Gasteiger partial charge in [0.15, 0.2) is 0 Å². The van der Waals surface area contributed by atoms with Gasteiger partial charge in [0.2, 0.25) is 0 Å². The van der Waals surface area contributed by atoms with Crippen molar-refractivity contribution in [1.29, 1.82) is 0 Å². The van der Waals surface area contributed by atoms with Gasteiger partial charge in [-0.05, 0) is 19.3 Å². The van der Waals surface area contributed by atoms with E-state index < -0.39 is 12.1 Å². The normalized spacial score (nSPS) is 12.9. The van der Waals surface area contributed by atoms with Crippen LogP contribution in [0.3, 0.4) is 0 Å². The second-order valence-electron chi connectivity index (χ2n) is 2.39. The molecular weight excluding hydrogens is 215 g/mol. The van der Waals surface area contributed by atoms with E-state index in [9.17, 15) is 9.18 Å². The fraction of sp³-hybridized carbons (Fsp3) is 0.857. The van der Waals surface area contributed by atoms with Gasteiger partial charge in [0, 0.05) is 11.8 Å².